The van der Waals surface area contributed by atoms with Crippen molar-refractivity contribution in [1.29, 1.82) is 0 Å². The van der Waals surface area contributed by atoms with Crippen LogP contribution in [0.25, 0.3) is 0 Å². The zero-order valence-electron chi connectivity index (χ0n) is 10.3. The summed E-state index contributed by atoms with van der Waals surface area (Å²) in [6.07, 6.45) is 9.53. The SMILES string of the molecule is C=CCCCCCCC1(C(=O)O)SCCCS1. The van der Waals surface area contributed by atoms with Crippen LogP contribution in [0.3, 0.4) is 0 Å². The van der Waals surface area contributed by atoms with Crippen molar-refractivity contribution in [3.63, 3.8) is 0 Å². The topological polar surface area (TPSA) is 37.3 Å². The number of carboxylic acids is 1. The maximum atomic E-state index is 11.4. The van der Waals surface area contributed by atoms with E-state index in [1.807, 2.05) is 6.08 Å². The van der Waals surface area contributed by atoms with Crippen LogP contribution in [0, 0.1) is 0 Å². The largest absolute Gasteiger partial charge is 0.480 e. The van der Waals surface area contributed by atoms with Crippen LogP contribution < -0.4 is 0 Å². The van der Waals surface area contributed by atoms with Gasteiger partial charge in [-0.1, -0.05) is 25.3 Å². The minimum atomic E-state index is -0.627. The van der Waals surface area contributed by atoms with E-state index in [-0.39, 0.29) is 0 Å². The van der Waals surface area contributed by atoms with E-state index in [1.165, 1.54) is 12.8 Å². The molecule has 1 saturated heterocycles. The predicted molar refractivity (Wildman–Crippen MR) is 77.8 cm³/mol. The lowest BCUT2D eigenvalue weighted by atomic mass is 10.1. The van der Waals surface area contributed by atoms with E-state index >= 15 is 0 Å². The second-order valence-electron chi connectivity index (χ2n) is 4.35. The number of carbonyl (C=O) groups is 1. The molecule has 1 aliphatic rings. The van der Waals surface area contributed by atoms with Gasteiger partial charge in [-0.15, -0.1) is 30.1 Å². The number of allylic oxidation sites excluding steroid dienone is 1. The summed E-state index contributed by atoms with van der Waals surface area (Å²) in [4.78, 5) is 11.4. The maximum Gasteiger partial charge on any atom is 0.330 e. The molecule has 0 unspecified atom stereocenters. The maximum absolute atomic E-state index is 11.4. The molecule has 1 aliphatic heterocycles. The minimum Gasteiger partial charge on any atom is -0.480 e. The molecule has 98 valence electrons. The van der Waals surface area contributed by atoms with E-state index in [9.17, 15) is 9.90 Å². The Morgan fingerprint density at radius 1 is 1.24 bits per heavy atom. The Bertz CT molecular complexity index is 248. The van der Waals surface area contributed by atoms with Gasteiger partial charge in [0.15, 0.2) is 4.08 Å². The number of unbranched alkanes of at least 4 members (excludes halogenated alkanes) is 4. The molecule has 17 heavy (non-hydrogen) atoms. The van der Waals surface area contributed by atoms with Crippen molar-refractivity contribution >= 4 is 29.5 Å². The van der Waals surface area contributed by atoms with Crippen molar-refractivity contribution < 1.29 is 9.90 Å². The minimum absolute atomic E-state index is 0.545. The van der Waals surface area contributed by atoms with Crippen LogP contribution in [0.15, 0.2) is 12.7 Å². The van der Waals surface area contributed by atoms with Crippen molar-refractivity contribution in [1.82, 2.24) is 0 Å². The second-order valence-corrected chi connectivity index (χ2v) is 7.40. The number of aliphatic carboxylic acids is 1. The molecule has 2 nitrogen and oxygen atoms in total. The Hall–Kier alpha value is -0.0900. The average Bonchev–Trinajstić information content (AvgIpc) is 2.34. The molecule has 0 radical (unpaired) electrons. The summed E-state index contributed by atoms with van der Waals surface area (Å²) >= 11 is 3.27. The van der Waals surface area contributed by atoms with E-state index in [2.05, 4.69) is 6.58 Å². The van der Waals surface area contributed by atoms with Gasteiger partial charge in [-0.2, -0.15) is 0 Å². The second kappa shape index (κ2) is 8.09. The summed E-state index contributed by atoms with van der Waals surface area (Å²) in [6, 6.07) is 0. The fourth-order valence-corrected chi connectivity index (χ4v) is 5.03. The summed E-state index contributed by atoms with van der Waals surface area (Å²) < 4.78 is -0.545. The van der Waals surface area contributed by atoms with Crippen LogP contribution >= 0.6 is 23.5 Å². The van der Waals surface area contributed by atoms with Crippen LogP contribution in [0.1, 0.15) is 44.9 Å². The molecule has 0 aromatic heterocycles. The van der Waals surface area contributed by atoms with Gasteiger partial charge in [0, 0.05) is 0 Å². The van der Waals surface area contributed by atoms with E-state index in [1.54, 1.807) is 23.5 Å². The molecule has 1 N–H and O–H groups in total. The van der Waals surface area contributed by atoms with Crippen molar-refractivity contribution in [3.8, 4) is 0 Å². The van der Waals surface area contributed by atoms with E-state index in [0.29, 0.717) is 0 Å². The van der Waals surface area contributed by atoms with E-state index in [4.69, 9.17) is 0 Å². The van der Waals surface area contributed by atoms with Crippen LogP contribution in [0.4, 0.5) is 0 Å². The molecule has 0 aromatic carbocycles. The molecule has 0 bridgehead atoms. The summed E-state index contributed by atoms with van der Waals surface area (Å²) in [5.74, 6) is 1.37. The molecule has 4 heteroatoms. The molecule has 0 amide bonds. The van der Waals surface area contributed by atoms with Gasteiger partial charge < -0.3 is 5.11 Å². The Balaban J connectivity index is 2.25. The van der Waals surface area contributed by atoms with Crippen molar-refractivity contribution in [3.05, 3.63) is 12.7 Å². The first-order chi connectivity index (χ1) is 8.21. The Morgan fingerprint density at radius 3 is 2.47 bits per heavy atom. The third kappa shape index (κ3) is 4.96. The molecule has 1 heterocycles. The lowest BCUT2D eigenvalue weighted by Gasteiger charge is -2.31. The first-order valence-corrected chi connectivity index (χ1v) is 8.30. The predicted octanol–water partition coefficient (Wildman–Crippen LogP) is 4.16. The molecule has 0 aliphatic carbocycles. The van der Waals surface area contributed by atoms with E-state index < -0.39 is 10.0 Å². The highest BCUT2D eigenvalue weighted by atomic mass is 32.2. The molecular formula is C13H22O2S2. The fraction of sp³-hybridized carbons (Fsp3) is 0.769. The summed E-state index contributed by atoms with van der Waals surface area (Å²) in [5.41, 5.74) is 0. The van der Waals surface area contributed by atoms with Gasteiger partial charge in [-0.3, -0.25) is 0 Å². The Morgan fingerprint density at radius 2 is 1.88 bits per heavy atom. The molecule has 1 rings (SSSR count). The fourth-order valence-electron chi connectivity index (χ4n) is 1.95. The highest BCUT2D eigenvalue weighted by Gasteiger charge is 2.40. The highest BCUT2D eigenvalue weighted by molar-refractivity contribution is 8.19. The van der Waals surface area contributed by atoms with Gasteiger partial charge in [-0.25, -0.2) is 4.79 Å². The zero-order chi connectivity index (χ0) is 12.6. The number of hydrogen-bond donors (Lipinski definition) is 1. The van der Waals surface area contributed by atoms with Gasteiger partial charge in [0.1, 0.15) is 0 Å². The first kappa shape index (κ1) is 15.0. The van der Waals surface area contributed by atoms with Crippen LogP contribution in [0.5, 0.6) is 0 Å². The Kier molecular flexibility index (Phi) is 7.12. The third-order valence-electron chi connectivity index (χ3n) is 2.95. The molecule has 0 spiro atoms. The molecular weight excluding hydrogens is 252 g/mol. The summed E-state index contributed by atoms with van der Waals surface area (Å²) in [5, 5.41) is 9.37. The first-order valence-electron chi connectivity index (χ1n) is 6.33. The van der Waals surface area contributed by atoms with Crippen LogP contribution in [-0.2, 0) is 4.79 Å². The van der Waals surface area contributed by atoms with Crippen molar-refractivity contribution in [2.45, 2.75) is 49.0 Å². The van der Waals surface area contributed by atoms with Crippen molar-refractivity contribution in [2.24, 2.45) is 0 Å². The third-order valence-corrected chi connectivity index (χ3v) is 6.33. The monoisotopic (exact) mass is 274 g/mol. The van der Waals surface area contributed by atoms with Gasteiger partial charge >= 0.3 is 5.97 Å². The highest BCUT2D eigenvalue weighted by Crippen LogP contribution is 2.46. The smallest absolute Gasteiger partial charge is 0.330 e. The number of carboxylic acid groups (broad SMARTS) is 1. The van der Waals surface area contributed by atoms with E-state index in [0.717, 1.165) is 43.6 Å². The lowest BCUT2D eigenvalue weighted by molar-refractivity contribution is -0.137. The quantitative estimate of drug-likeness (QED) is 0.532. The molecule has 0 aromatic rings. The summed E-state index contributed by atoms with van der Waals surface area (Å²) in [6.45, 7) is 3.70. The molecule has 1 fully saturated rings. The molecule has 0 saturated carbocycles. The average molecular weight is 274 g/mol. The van der Waals surface area contributed by atoms with Gasteiger partial charge in [0.05, 0.1) is 0 Å². The van der Waals surface area contributed by atoms with Crippen LogP contribution in [0.2, 0.25) is 0 Å². The Labute approximate surface area is 113 Å². The molecule has 0 atom stereocenters. The number of thioether (sulfide) groups is 2. The van der Waals surface area contributed by atoms with Gasteiger partial charge in [-0.05, 0) is 37.2 Å². The van der Waals surface area contributed by atoms with Gasteiger partial charge in [0.2, 0.25) is 0 Å². The summed E-state index contributed by atoms with van der Waals surface area (Å²) in [7, 11) is 0. The zero-order valence-corrected chi connectivity index (χ0v) is 12.0. The van der Waals surface area contributed by atoms with Crippen molar-refractivity contribution in [2.75, 3.05) is 11.5 Å². The van der Waals surface area contributed by atoms with Gasteiger partial charge in [0.25, 0.3) is 0 Å². The lowest BCUT2D eigenvalue weighted by Crippen LogP contribution is -2.34. The normalized spacial score (nSPS) is 18.8. The van der Waals surface area contributed by atoms with Crippen LogP contribution in [-0.4, -0.2) is 26.7 Å². The number of rotatable bonds is 8. The number of hydrogen-bond acceptors (Lipinski definition) is 3. The standard InChI is InChI=1S/C13H22O2S2/c1-2-3-4-5-6-7-9-13(12(14)15)16-10-8-11-17-13/h2H,1,3-11H2,(H,14,15).